The van der Waals surface area contributed by atoms with Gasteiger partial charge in [-0.05, 0) is 43.1 Å². The fourth-order valence-electron chi connectivity index (χ4n) is 2.19. The number of nitrogens with zero attached hydrogens (tertiary/aromatic N) is 1. The number of benzene rings is 1. The fourth-order valence-corrected chi connectivity index (χ4v) is 3.24. The molecule has 2 rings (SSSR count). The molecule has 0 fully saturated rings. The van der Waals surface area contributed by atoms with Gasteiger partial charge in [-0.25, -0.2) is 4.98 Å². The second kappa shape index (κ2) is 8.42. The molecular weight excluding hydrogens is 300 g/mol. The molecule has 1 atom stereocenters. The molecule has 2 nitrogen and oxygen atoms in total. The topological polar surface area (TPSA) is 24.9 Å². The predicted molar refractivity (Wildman–Crippen MR) is 91.1 cm³/mol. The van der Waals surface area contributed by atoms with Crippen LogP contribution in [0, 0.1) is 0 Å². The van der Waals surface area contributed by atoms with E-state index in [1.54, 1.807) is 18.0 Å². The van der Waals surface area contributed by atoms with Crippen LogP contribution in [-0.4, -0.2) is 11.5 Å². The second-order valence-electron chi connectivity index (χ2n) is 4.87. The number of hydrogen-bond donors (Lipinski definition) is 1. The Morgan fingerprint density at radius 1 is 1.19 bits per heavy atom. The van der Waals surface area contributed by atoms with E-state index < -0.39 is 0 Å². The van der Waals surface area contributed by atoms with Crippen molar-refractivity contribution in [2.45, 2.75) is 42.7 Å². The molecule has 1 N–H and O–H groups in total. The fraction of sp³-hybridized carbons (Fsp3) is 0.353. The Bertz CT molecular complexity index is 557. The molecule has 2 aromatic rings. The molecule has 0 saturated heterocycles. The van der Waals surface area contributed by atoms with Gasteiger partial charge in [-0.1, -0.05) is 55.4 Å². The average molecular weight is 321 g/mol. The van der Waals surface area contributed by atoms with E-state index in [0.29, 0.717) is 11.1 Å². The SMILES string of the molecule is CCCNC(CC)c1ccccc1Sc1ccc(Cl)cn1. The molecule has 4 heteroatoms. The molecule has 0 aliphatic carbocycles. The molecule has 0 aliphatic heterocycles. The van der Waals surface area contributed by atoms with E-state index in [1.165, 1.54) is 10.5 Å². The van der Waals surface area contributed by atoms with Gasteiger partial charge in [0.15, 0.2) is 0 Å². The number of hydrogen-bond acceptors (Lipinski definition) is 3. The van der Waals surface area contributed by atoms with E-state index >= 15 is 0 Å². The molecule has 1 unspecified atom stereocenters. The van der Waals surface area contributed by atoms with Crippen LogP contribution in [-0.2, 0) is 0 Å². The van der Waals surface area contributed by atoms with Crippen molar-refractivity contribution in [3.05, 3.63) is 53.2 Å². The summed E-state index contributed by atoms with van der Waals surface area (Å²) in [5, 5.41) is 5.26. The van der Waals surface area contributed by atoms with Gasteiger partial charge in [0.05, 0.1) is 5.02 Å². The van der Waals surface area contributed by atoms with Crippen LogP contribution in [0.2, 0.25) is 5.02 Å². The molecule has 1 aromatic carbocycles. The van der Waals surface area contributed by atoms with Gasteiger partial charge in [0.2, 0.25) is 0 Å². The van der Waals surface area contributed by atoms with Crippen LogP contribution < -0.4 is 5.32 Å². The highest BCUT2D eigenvalue weighted by molar-refractivity contribution is 7.99. The minimum Gasteiger partial charge on any atom is -0.310 e. The Kier molecular flexibility index (Phi) is 6.55. The number of halogens is 1. The van der Waals surface area contributed by atoms with Crippen molar-refractivity contribution in [3.63, 3.8) is 0 Å². The third-order valence-electron chi connectivity index (χ3n) is 3.26. The van der Waals surface area contributed by atoms with Crippen LogP contribution in [0.1, 0.15) is 38.3 Å². The van der Waals surface area contributed by atoms with Crippen LogP contribution in [0.3, 0.4) is 0 Å². The van der Waals surface area contributed by atoms with Crippen molar-refractivity contribution in [2.75, 3.05) is 6.54 Å². The van der Waals surface area contributed by atoms with Gasteiger partial charge in [0.25, 0.3) is 0 Å². The van der Waals surface area contributed by atoms with E-state index in [1.807, 2.05) is 12.1 Å². The first-order chi connectivity index (χ1) is 10.2. The summed E-state index contributed by atoms with van der Waals surface area (Å²) in [5.74, 6) is 0. The minimum atomic E-state index is 0.390. The summed E-state index contributed by atoms with van der Waals surface area (Å²) < 4.78 is 0. The number of aromatic nitrogens is 1. The van der Waals surface area contributed by atoms with E-state index in [4.69, 9.17) is 11.6 Å². The number of rotatable bonds is 7. The summed E-state index contributed by atoms with van der Waals surface area (Å²) in [6, 6.07) is 12.8. The normalized spacial score (nSPS) is 12.3. The quantitative estimate of drug-likeness (QED) is 0.745. The molecule has 0 saturated carbocycles. The van der Waals surface area contributed by atoms with Crippen LogP contribution in [0.15, 0.2) is 52.5 Å². The highest BCUT2D eigenvalue weighted by Crippen LogP contribution is 2.33. The molecule has 1 aromatic heterocycles. The Morgan fingerprint density at radius 3 is 2.67 bits per heavy atom. The summed E-state index contributed by atoms with van der Waals surface area (Å²) >= 11 is 7.58. The zero-order chi connectivity index (χ0) is 15.1. The van der Waals surface area contributed by atoms with Gasteiger partial charge in [0.1, 0.15) is 5.03 Å². The van der Waals surface area contributed by atoms with Gasteiger partial charge >= 0.3 is 0 Å². The van der Waals surface area contributed by atoms with E-state index in [0.717, 1.165) is 24.4 Å². The molecule has 21 heavy (non-hydrogen) atoms. The summed E-state index contributed by atoms with van der Waals surface area (Å²) in [5.41, 5.74) is 1.34. The number of pyridine rings is 1. The summed E-state index contributed by atoms with van der Waals surface area (Å²) in [4.78, 5) is 5.63. The maximum atomic E-state index is 5.89. The van der Waals surface area contributed by atoms with Crippen molar-refractivity contribution >= 4 is 23.4 Å². The first-order valence-electron chi connectivity index (χ1n) is 7.36. The van der Waals surface area contributed by atoms with Crippen molar-refractivity contribution in [3.8, 4) is 0 Å². The van der Waals surface area contributed by atoms with Gasteiger partial charge < -0.3 is 5.32 Å². The highest BCUT2D eigenvalue weighted by Gasteiger charge is 2.13. The Hall–Kier alpha value is -1.03. The van der Waals surface area contributed by atoms with Crippen molar-refractivity contribution in [1.29, 1.82) is 0 Å². The second-order valence-corrected chi connectivity index (χ2v) is 6.37. The molecule has 0 spiro atoms. The first kappa shape index (κ1) is 16.3. The van der Waals surface area contributed by atoms with E-state index in [9.17, 15) is 0 Å². The zero-order valence-corrected chi connectivity index (χ0v) is 14.0. The van der Waals surface area contributed by atoms with Crippen molar-refractivity contribution in [2.24, 2.45) is 0 Å². The Balaban J connectivity index is 2.21. The van der Waals surface area contributed by atoms with Gasteiger partial charge in [-0.2, -0.15) is 0 Å². The molecular formula is C17H21ClN2S. The van der Waals surface area contributed by atoms with E-state index in [2.05, 4.69) is 48.4 Å². The molecule has 0 aliphatic rings. The largest absolute Gasteiger partial charge is 0.310 e. The van der Waals surface area contributed by atoms with Gasteiger partial charge in [-0.3, -0.25) is 0 Å². The lowest BCUT2D eigenvalue weighted by atomic mass is 10.0. The molecule has 1 heterocycles. The minimum absolute atomic E-state index is 0.390. The first-order valence-corrected chi connectivity index (χ1v) is 8.55. The van der Waals surface area contributed by atoms with Crippen LogP contribution in [0.4, 0.5) is 0 Å². The van der Waals surface area contributed by atoms with Crippen LogP contribution in [0.5, 0.6) is 0 Å². The zero-order valence-electron chi connectivity index (χ0n) is 12.5. The lowest BCUT2D eigenvalue weighted by Crippen LogP contribution is -2.21. The third kappa shape index (κ3) is 4.73. The van der Waals surface area contributed by atoms with Crippen molar-refractivity contribution < 1.29 is 0 Å². The monoisotopic (exact) mass is 320 g/mol. The summed E-state index contributed by atoms with van der Waals surface area (Å²) in [6.07, 6.45) is 3.91. The smallest absolute Gasteiger partial charge is 0.101 e. The molecule has 0 amide bonds. The lowest BCUT2D eigenvalue weighted by Gasteiger charge is -2.20. The maximum absolute atomic E-state index is 5.89. The number of nitrogens with one attached hydrogen (secondary N) is 1. The molecule has 0 radical (unpaired) electrons. The predicted octanol–water partition coefficient (Wildman–Crippen LogP) is 5.34. The van der Waals surface area contributed by atoms with Gasteiger partial charge in [0, 0.05) is 17.1 Å². The average Bonchev–Trinajstić information content (AvgIpc) is 2.52. The molecule has 112 valence electrons. The van der Waals surface area contributed by atoms with E-state index in [-0.39, 0.29) is 0 Å². The van der Waals surface area contributed by atoms with Crippen LogP contribution >= 0.6 is 23.4 Å². The van der Waals surface area contributed by atoms with Crippen LogP contribution in [0.25, 0.3) is 0 Å². The summed E-state index contributed by atoms with van der Waals surface area (Å²) in [6.45, 7) is 5.45. The molecule has 0 bridgehead atoms. The Morgan fingerprint density at radius 2 is 2.00 bits per heavy atom. The van der Waals surface area contributed by atoms with Gasteiger partial charge in [-0.15, -0.1) is 0 Å². The summed E-state index contributed by atoms with van der Waals surface area (Å²) in [7, 11) is 0. The Labute approximate surface area is 136 Å². The highest BCUT2D eigenvalue weighted by atomic mass is 35.5. The van der Waals surface area contributed by atoms with Crippen molar-refractivity contribution in [1.82, 2.24) is 10.3 Å². The third-order valence-corrected chi connectivity index (χ3v) is 4.52. The standard InChI is InChI=1S/C17H21ClN2S/c1-3-11-19-15(4-2)14-7-5-6-8-16(14)21-17-10-9-13(18)12-20-17/h5-10,12,15,19H,3-4,11H2,1-2H3. The lowest BCUT2D eigenvalue weighted by molar-refractivity contribution is 0.512. The maximum Gasteiger partial charge on any atom is 0.101 e.